The van der Waals surface area contributed by atoms with E-state index in [2.05, 4.69) is 53.7 Å². The Morgan fingerprint density at radius 1 is 0.857 bits per heavy atom. The Morgan fingerprint density at radius 3 is 1.96 bits per heavy atom. The lowest BCUT2D eigenvalue weighted by Gasteiger charge is -2.42. The highest BCUT2D eigenvalue weighted by Gasteiger charge is 2.47. The van der Waals surface area contributed by atoms with Crippen LogP contribution in [0.2, 0.25) is 16.6 Å². The summed E-state index contributed by atoms with van der Waals surface area (Å²) in [6.07, 6.45) is 1.63. The van der Waals surface area contributed by atoms with E-state index in [9.17, 15) is 0 Å². The van der Waals surface area contributed by atoms with Gasteiger partial charge >= 0.3 is 0 Å². The second-order valence-electron chi connectivity index (χ2n) is 8.43. The van der Waals surface area contributed by atoms with E-state index in [0.29, 0.717) is 22.4 Å². The molecule has 0 aliphatic rings. The maximum absolute atomic E-state index is 9.15. The zero-order valence-corrected chi connectivity index (χ0v) is 19.4. The highest BCUT2D eigenvalue weighted by Crippen LogP contribution is 2.44. The third kappa shape index (κ3) is 4.81. The van der Waals surface area contributed by atoms with Crippen molar-refractivity contribution in [2.45, 2.75) is 77.6 Å². The molecule has 1 heterocycles. The maximum atomic E-state index is 9.15. The van der Waals surface area contributed by atoms with Crippen molar-refractivity contribution >= 4 is 8.32 Å². The molecule has 0 fully saturated rings. The molecule has 2 rings (SSSR count). The molecule has 0 unspecified atom stereocenters. The fourth-order valence-electron chi connectivity index (χ4n) is 4.41. The summed E-state index contributed by atoms with van der Waals surface area (Å²) in [7, 11) is -0.355. The number of ether oxygens (including phenoxy) is 1. The summed E-state index contributed by atoms with van der Waals surface area (Å²) in [5.74, 6) is 3.15. The molecule has 0 spiro atoms. The predicted octanol–water partition coefficient (Wildman–Crippen LogP) is 6.12. The monoisotopic (exact) mass is 404 g/mol. The number of aliphatic hydroxyl groups is 1. The van der Waals surface area contributed by atoms with Gasteiger partial charge in [-0.25, -0.2) is 0 Å². The first-order valence-electron chi connectivity index (χ1n) is 10.3. The van der Waals surface area contributed by atoms with Crippen molar-refractivity contribution in [1.82, 2.24) is 0 Å². The second kappa shape index (κ2) is 9.66. The quantitative estimate of drug-likeness (QED) is 0.485. The molecule has 0 aliphatic heterocycles. The molecule has 0 saturated carbocycles. The van der Waals surface area contributed by atoms with Gasteiger partial charge in [-0.2, -0.15) is 0 Å². The molecule has 2 aromatic rings. The molecule has 28 heavy (non-hydrogen) atoms. The van der Waals surface area contributed by atoms with Crippen LogP contribution in [0.3, 0.4) is 0 Å². The van der Waals surface area contributed by atoms with Gasteiger partial charge in [0.05, 0.1) is 7.11 Å². The molecule has 0 saturated heterocycles. The molecule has 156 valence electrons. The largest absolute Gasteiger partial charge is 0.540 e. The minimum Gasteiger partial charge on any atom is -0.540 e. The summed E-state index contributed by atoms with van der Waals surface area (Å²) in [6.45, 7) is 13.7. The standard InChI is InChI=1S/C23H36O4Si/c1-16(2)28(17(3)4,18(5)6)27-23-14-19(9-13-22(23)25-7)8-10-20-11-12-21(15-24)26-20/h9,11-14,16-18,24H,8,10,15H2,1-7H3. The van der Waals surface area contributed by atoms with Crippen molar-refractivity contribution in [1.29, 1.82) is 0 Å². The minimum absolute atomic E-state index is 0.0627. The minimum atomic E-state index is -2.05. The lowest BCUT2D eigenvalue weighted by molar-refractivity contribution is 0.243. The first kappa shape index (κ1) is 22.6. The summed E-state index contributed by atoms with van der Waals surface area (Å²) in [5.41, 5.74) is 2.69. The fraction of sp³-hybridized carbons (Fsp3) is 0.565. The summed E-state index contributed by atoms with van der Waals surface area (Å²) >= 11 is 0. The number of rotatable bonds is 10. The molecule has 1 aromatic carbocycles. The average molecular weight is 405 g/mol. The number of methoxy groups -OCH3 is 1. The first-order chi connectivity index (χ1) is 13.2. The summed E-state index contributed by atoms with van der Waals surface area (Å²) < 4.78 is 18.1. The fourth-order valence-corrected chi connectivity index (χ4v) is 9.66. The second-order valence-corrected chi connectivity index (χ2v) is 13.8. The SMILES string of the molecule is COc1ccc(CCc2ccc(CO)o2)cc1O[Si](C(C)C)(C(C)C)C(C)C. The molecule has 0 amide bonds. The van der Waals surface area contributed by atoms with Gasteiger partial charge in [-0.05, 0) is 52.9 Å². The van der Waals surface area contributed by atoms with Crippen LogP contribution in [0.15, 0.2) is 34.7 Å². The van der Waals surface area contributed by atoms with Crippen LogP contribution >= 0.6 is 0 Å². The molecule has 1 aromatic heterocycles. The third-order valence-corrected chi connectivity index (χ3v) is 11.7. The van der Waals surface area contributed by atoms with Gasteiger partial charge in [-0.3, -0.25) is 0 Å². The van der Waals surface area contributed by atoms with E-state index in [0.717, 1.165) is 30.1 Å². The van der Waals surface area contributed by atoms with Gasteiger partial charge in [-0.15, -0.1) is 0 Å². The zero-order chi connectivity index (χ0) is 20.9. The van der Waals surface area contributed by atoms with Crippen molar-refractivity contribution in [3.63, 3.8) is 0 Å². The number of aryl methyl sites for hydroxylation is 2. The van der Waals surface area contributed by atoms with Crippen LogP contribution in [0.25, 0.3) is 0 Å². The van der Waals surface area contributed by atoms with E-state index in [1.165, 1.54) is 5.56 Å². The lowest BCUT2D eigenvalue weighted by Crippen LogP contribution is -2.50. The number of benzene rings is 1. The first-order valence-corrected chi connectivity index (χ1v) is 12.4. The van der Waals surface area contributed by atoms with Crippen LogP contribution in [0.4, 0.5) is 0 Å². The Morgan fingerprint density at radius 2 is 1.46 bits per heavy atom. The lowest BCUT2D eigenvalue weighted by atomic mass is 10.1. The molecule has 1 N–H and O–H groups in total. The van der Waals surface area contributed by atoms with Gasteiger partial charge in [0.25, 0.3) is 8.32 Å². The molecule has 0 bridgehead atoms. The Labute approximate surface area is 171 Å². The van der Waals surface area contributed by atoms with E-state index in [-0.39, 0.29) is 6.61 Å². The molecule has 5 heteroatoms. The van der Waals surface area contributed by atoms with Crippen molar-refractivity contribution in [2.24, 2.45) is 0 Å². The number of hydrogen-bond acceptors (Lipinski definition) is 4. The van der Waals surface area contributed by atoms with Gasteiger partial charge in [-0.1, -0.05) is 47.6 Å². The highest BCUT2D eigenvalue weighted by molar-refractivity contribution is 6.78. The molecule has 4 nitrogen and oxygen atoms in total. The van der Waals surface area contributed by atoms with E-state index in [1.54, 1.807) is 7.11 Å². The van der Waals surface area contributed by atoms with E-state index < -0.39 is 8.32 Å². The van der Waals surface area contributed by atoms with Gasteiger partial charge < -0.3 is 18.7 Å². The maximum Gasteiger partial charge on any atom is 0.258 e. The van der Waals surface area contributed by atoms with Crippen LogP contribution in [-0.2, 0) is 19.4 Å². The van der Waals surface area contributed by atoms with E-state index >= 15 is 0 Å². The van der Waals surface area contributed by atoms with Crippen molar-refractivity contribution in [3.8, 4) is 11.5 Å². The molecular weight excluding hydrogens is 368 g/mol. The van der Waals surface area contributed by atoms with Gasteiger partial charge in [0.1, 0.15) is 23.9 Å². The van der Waals surface area contributed by atoms with Gasteiger partial charge in [0.2, 0.25) is 0 Å². The van der Waals surface area contributed by atoms with Crippen LogP contribution in [0.1, 0.15) is 58.6 Å². The van der Waals surface area contributed by atoms with E-state index in [1.807, 2.05) is 18.2 Å². The van der Waals surface area contributed by atoms with Crippen LogP contribution < -0.4 is 9.16 Å². The number of furan rings is 1. The van der Waals surface area contributed by atoms with Crippen LogP contribution in [-0.4, -0.2) is 20.5 Å². The Bertz CT molecular complexity index is 727. The third-order valence-electron chi connectivity index (χ3n) is 5.76. The molecule has 0 radical (unpaired) electrons. The summed E-state index contributed by atoms with van der Waals surface area (Å²) in [6, 6.07) is 9.98. The molecular formula is C23H36O4Si. The van der Waals surface area contributed by atoms with Gasteiger partial charge in [0, 0.05) is 6.42 Å². The summed E-state index contributed by atoms with van der Waals surface area (Å²) in [4.78, 5) is 0. The van der Waals surface area contributed by atoms with Crippen LogP contribution in [0, 0.1) is 0 Å². The predicted molar refractivity (Wildman–Crippen MR) is 117 cm³/mol. The van der Waals surface area contributed by atoms with Crippen molar-refractivity contribution in [3.05, 3.63) is 47.4 Å². The Kier molecular flexibility index (Phi) is 7.78. The highest BCUT2D eigenvalue weighted by atomic mass is 28.4. The smallest absolute Gasteiger partial charge is 0.258 e. The Balaban J connectivity index is 2.28. The van der Waals surface area contributed by atoms with Crippen molar-refractivity contribution < 1.29 is 18.7 Å². The summed E-state index contributed by atoms with van der Waals surface area (Å²) in [5, 5.41) is 9.15. The Hall–Kier alpha value is -1.72. The van der Waals surface area contributed by atoms with Gasteiger partial charge in [0.15, 0.2) is 5.75 Å². The molecule has 0 atom stereocenters. The number of hydrogen-bond donors (Lipinski definition) is 1. The average Bonchev–Trinajstić information content (AvgIpc) is 3.11. The zero-order valence-electron chi connectivity index (χ0n) is 18.4. The van der Waals surface area contributed by atoms with Crippen molar-refractivity contribution in [2.75, 3.05) is 7.11 Å². The van der Waals surface area contributed by atoms with E-state index in [4.69, 9.17) is 18.7 Å². The normalized spacial score (nSPS) is 12.2. The topological polar surface area (TPSA) is 51.8 Å². The van der Waals surface area contributed by atoms with Crippen LogP contribution in [0.5, 0.6) is 11.5 Å². The number of aliphatic hydroxyl groups excluding tert-OH is 1. The molecule has 0 aliphatic carbocycles.